The molecule has 3 rings (SSSR count). The number of allylic oxidation sites excluding steroid dienone is 2. The smallest absolute Gasteiger partial charge is 0.193 e. The molecule has 0 fully saturated rings. The summed E-state index contributed by atoms with van der Waals surface area (Å²) in [6.45, 7) is 8.25. The first-order chi connectivity index (χ1) is 9.61. The van der Waals surface area contributed by atoms with Crippen molar-refractivity contribution in [2.45, 2.75) is 40.5 Å². The molecule has 0 bridgehead atoms. The molecule has 3 radical (unpaired) electrons. The van der Waals surface area contributed by atoms with Gasteiger partial charge in [-0.1, -0.05) is 38.5 Å². The summed E-state index contributed by atoms with van der Waals surface area (Å²) < 4.78 is 2.18. The first kappa shape index (κ1) is 17.5. The highest BCUT2D eigenvalue weighted by atomic mass is 32.1. The molecule has 109 valence electrons. The minimum Gasteiger partial charge on any atom is -0.304 e. The van der Waals surface area contributed by atoms with E-state index in [1.165, 1.54) is 12.1 Å². The summed E-state index contributed by atoms with van der Waals surface area (Å²) in [5, 5.41) is 3.96. The van der Waals surface area contributed by atoms with E-state index in [4.69, 9.17) is 0 Å². The number of rotatable bonds is 0. The Hall–Kier alpha value is -1.55. The van der Waals surface area contributed by atoms with E-state index in [9.17, 15) is 4.79 Å². The Bertz CT molecular complexity index is 827. The summed E-state index contributed by atoms with van der Waals surface area (Å²) in [6, 6.07) is 0. The monoisotopic (exact) mass is 298 g/mol. The third-order valence-corrected chi connectivity index (χ3v) is 4.34. The molecule has 0 atom stereocenters. The van der Waals surface area contributed by atoms with Crippen molar-refractivity contribution in [1.82, 2.24) is 4.40 Å². The van der Waals surface area contributed by atoms with Crippen LogP contribution in [0.15, 0.2) is 22.3 Å². The van der Waals surface area contributed by atoms with Crippen molar-refractivity contribution >= 4 is 36.7 Å². The summed E-state index contributed by atoms with van der Waals surface area (Å²) in [4.78, 5) is 13.4. The van der Waals surface area contributed by atoms with E-state index in [1.807, 2.05) is 25.2 Å². The number of aryl methyl sites for hydroxylation is 2. The minimum absolute atomic E-state index is 0. The van der Waals surface area contributed by atoms with Crippen LogP contribution in [-0.4, -0.2) is 12.8 Å². The average Bonchev–Trinajstić information content (AvgIpc) is 2.65. The first-order valence-electron chi connectivity index (χ1n) is 7.08. The van der Waals surface area contributed by atoms with Crippen molar-refractivity contribution in [2.24, 2.45) is 0 Å². The summed E-state index contributed by atoms with van der Waals surface area (Å²) in [5.41, 5.74) is 2.21. The van der Waals surface area contributed by atoms with E-state index in [0.717, 1.165) is 27.4 Å². The van der Waals surface area contributed by atoms with Crippen LogP contribution in [0.1, 0.15) is 37.9 Å². The van der Waals surface area contributed by atoms with Gasteiger partial charge in [-0.25, -0.2) is 0 Å². The predicted molar refractivity (Wildman–Crippen MR) is 94.7 cm³/mol. The van der Waals surface area contributed by atoms with Gasteiger partial charge < -0.3 is 4.40 Å². The van der Waals surface area contributed by atoms with E-state index in [1.54, 1.807) is 11.3 Å². The third-order valence-electron chi connectivity index (χ3n) is 3.17. The minimum atomic E-state index is 0. The van der Waals surface area contributed by atoms with E-state index >= 15 is 0 Å². The van der Waals surface area contributed by atoms with Crippen LogP contribution in [0.25, 0.3) is 17.0 Å². The third kappa shape index (κ3) is 3.21. The maximum atomic E-state index is 12.3. The lowest BCUT2D eigenvalue weighted by molar-refractivity contribution is 1.03. The number of thiazole rings is 1. The maximum absolute atomic E-state index is 12.3. The van der Waals surface area contributed by atoms with Gasteiger partial charge in [0.05, 0.1) is 5.35 Å². The lowest BCUT2D eigenvalue weighted by Crippen LogP contribution is -2.44. The zero-order valence-corrected chi connectivity index (χ0v) is 14.0. The van der Waals surface area contributed by atoms with Crippen molar-refractivity contribution < 1.29 is 0 Å². The first-order valence-corrected chi connectivity index (χ1v) is 7.96. The zero-order chi connectivity index (χ0) is 14.7. The molecule has 2 aromatic rings. The number of fused-ring (bicyclic) bond motifs is 3. The highest BCUT2D eigenvalue weighted by molar-refractivity contribution is 7.15. The second kappa shape index (κ2) is 7.46. The van der Waals surface area contributed by atoms with Gasteiger partial charge >= 0.3 is 0 Å². The van der Waals surface area contributed by atoms with Crippen molar-refractivity contribution in [3.63, 3.8) is 0 Å². The lowest BCUT2D eigenvalue weighted by atomic mass is 10.2. The van der Waals surface area contributed by atoms with Crippen LogP contribution in [0.2, 0.25) is 0 Å². The van der Waals surface area contributed by atoms with Crippen molar-refractivity contribution in [2.75, 3.05) is 0 Å². The molecule has 2 aromatic heterocycles. The fourth-order valence-corrected chi connectivity index (χ4v) is 3.29. The van der Waals surface area contributed by atoms with Gasteiger partial charge in [0.2, 0.25) is 0 Å². The van der Waals surface area contributed by atoms with Crippen LogP contribution in [0.5, 0.6) is 0 Å². The quantitative estimate of drug-likeness (QED) is 0.685. The molecule has 4 heteroatoms. The topological polar surface area (TPSA) is 21.5 Å². The number of hydrogen-bond acceptors (Lipinski definition) is 2. The van der Waals surface area contributed by atoms with E-state index in [-0.39, 0.29) is 13.8 Å². The number of aromatic nitrogens is 1. The van der Waals surface area contributed by atoms with Crippen LogP contribution >= 0.6 is 11.3 Å². The Morgan fingerprint density at radius 2 is 1.95 bits per heavy atom. The second-order valence-corrected chi connectivity index (χ2v) is 5.87. The highest BCUT2D eigenvalue weighted by Crippen LogP contribution is 2.14. The lowest BCUT2D eigenvalue weighted by Gasteiger charge is -2.02. The molecule has 2 nitrogen and oxygen atoms in total. The standard InChI is InChI=1S/C14H13NOS.C3H8.B/c1-9-8-17-14-10(2)13(16)11-6-4-3-5-7-12(11)15(9)14;1-3-2;/h3,5-8H,4H2,1-2H3;3H2,1-2H3;. The zero-order valence-electron chi connectivity index (χ0n) is 13.1. The molecule has 0 saturated heterocycles. The molecular weight excluding hydrogens is 277 g/mol. The molecule has 0 aromatic carbocycles. The average molecular weight is 298 g/mol. The van der Waals surface area contributed by atoms with Gasteiger partial charge in [0, 0.05) is 30.3 Å². The van der Waals surface area contributed by atoms with Gasteiger partial charge in [-0.15, -0.1) is 11.3 Å². The molecule has 2 heterocycles. The van der Waals surface area contributed by atoms with Crippen LogP contribution < -0.4 is 16.0 Å². The van der Waals surface area contributed by atoms with Crippen molar-refractivity contribution in [3.8, 4) is 0 Å². The molecule has 21 heavy (non-hydrogen) atoms. The second-order valence-electron chi connectivity index (χ2n) is 5.01. The van der Waals surface area contributed by atoms with Gasteiger partial charge in [-0.05, 0) is 26.3 Å². The SMILES string of the molecule is CCC.Cc1c(=O)c2c(n3c(C)csc13)=CC=CCC=2.[B]. The molecule has 0 N–H and O–H groups in total. The normalized spacial score (nSPS) is 12.2. The molecule has 1 aliphatic rings. The van der Waals surface area contributed by atoms with Gasteiger partial charge in [0.25, 0.3) is 0 Å². The fourth-order valence-electron chi connectivity index (χ4n) is 2.28. The summed E-state index contributed by atoms with van der Waals surface area (Å²) in [6.07, 6.45) is 10.2. The molecule has 0 unspecified atom stereocenters. The van der Waals surface area contributed by atoms with E-state index in [0.29, 0.717) is 0 Å². The summed E-state index contributed by atoms with van der Waals surface area (Å²) >= 11 is 1.64. The van der Waals surface area contributed by atoms with Gasteiger partial charge in [0.1, 0.15) is 4.83 Å². The Morgan fingerprint density at radius 1 is 1.29 bits per heavy atom. The van der Waals surface area contributed by atoms with Gasteiger partial charge in [-0.3, -0.25) is 4.79 Å². The van der Waals surface area contributed by atoms with Crippen LogP contribution in [0.3, 0.4) is 0 Å². The molecule has 0 spiro atoms. The van der Waals surface area contributed by atoms with Crippen LogP contribution in [0.4, 0.5) is 0 Å². The van der Waals surface area contributed by atoms with E-state index in [2.05, 4.69) is 36.6 Å². The number of hydrogen-bond donors (Lipinski definition) is 0. The summed E-state index contributed by atoms with van der Waals surface area (Å²) in [5.74, 6) is 0. The Labute approximate surface area is 131 Å². The number of pyridine rings is 1. The van der Waals surface area contributed by atoms with Gasteiger partial charge in [0.15, 0.2) is 5.43 Å². The Kier molecular flexibility index (Phi) is 6.22. The van der Waals surface area contributed by atoms with Crippen molar-refractivity contribution in [1.29, 1.82) is 0 Å². The van der Waals surface area contributed by atoms with Crippen LogP contribution in [-0.2, 0) is 0 Å². The predicted octanol–water partition coefficient (Wildman–Crippen LogP) is 2.53. The largest absolute Gasteiger partial charge is 0.304 e. The van der Waals surface area contributed by atoms with Gasteiger partial charge in [-0.2, -0.15) is 0 Å². The molecule has 0 aliphatic heterocycles. The maximum Gasteiger partial charge on any atom is 0.193 e. The molecular formula is C17H21BNOS. The molecule has 0 amide bonds. The highest BCUT2D eigenvalue weighted by Gasteiger charge is 2.09. The molecule has 0 saturated carbocycles. The van der Waals surface area contributed by atoms with Crippen LogP contribution in [0, 0.1) is 13.8 Å². The molecule has 1 aliphatic carbocycles. The van der Waals surface area contributed by atoms with E-state index < -0.39 is 0 Å². The Morgan fingerprint density at radius 3 is 2.62 bits per heavy atom. The van der Waals surface area contributed by atoms with Crippen molar-refractivity contribution in [3.05, 3.63) is 49.6 Å². The Balaban J connectivity index is 0.000000510. The summed E-state index contributed by atoms with van der Waals surface area (Å²) in [7, 11) is 0. The fraction of sp³-hybridized carbons (Fsp3) is 0.353. The number of nitrogens with zero attached hydrogens (tertiary/aromatic N) is 1.